The average molecular weight is 289 g/mol. The first-order chi connectivity index (χ1) is 6.18. The number of carbonyl (C=O) groups is 1. The Labute approximate surface area is 89.3 Å². The van der Waals surface area contributed by atoms with Crippen LogP contribution in [0.25, 0.3) is 0 Å². The fourth-order valence-electron chi connectivity index (χ4n) is 0.719. The van der Waals surface area contributed by atoms with Crippen molar-refractivity contribution in [1.82, 2.24) is 5.43 Å². The predicted molar refractivity (Wildman–Crippen MR) is 59.5 cm³/mol. The van der Waals surface area contributed by atoms with Gasteiger partial charge in [-0.15, -0.1) is 0 Å². The second-order valence-corrected chi connectivity index (χ2v) is 3.53. The maximum Gasteiger partial charge on any atom is 0.332 e. The Morgan fingerprint density at radius 1 is 1.46 bits per heavy atom. The summed E-state index contributed by atoms with van der Waals surface area (Å²) >= 11 is 2.21. The lowest BCUT2D eigenvalue weighted by Crippen LogP contribution is -2.24. The molecule has 2 amide bonds. The van der Waals surface area contributed by atoms with Gasteiger partial charge in [-0.25, -0.2) is 10.2 Å². The van der Waals surface area contributed by atoms with Crippen molar-refractivity contribution < 1.29 is 4.79 Å². The molecule has 0 bridgehead atoms. The second-order valence-electron chi connectivity index (χ2n) is 2.29. The van der Waals surface area contributed by atoms with E-state index >= 15 is 0 Å². The molecule has 68 valence electrons. The number of halogens is 1. The van der Waals surface area contributed by atoms with E-state index in [1.165, 1.54) is 6.21 Å². The molecule has 0 unspecified atom stereocenters. The number of nitrogens with one attached hydrogen (secondary N) is 1. The summed E-state index contributed by atoms with van der Waals surface area (Å²) in [5.41, 5.74) is 7.84. The maximum atomic E-state index is 10.2. The van der Waals surface area contributed by atoms with Gasteiger partial charge in [0.1, 0.15) is 0 Å². The van der Waals surface area contributed by atoms with Gasteiger partial charge in [-0.05, 0) is 40.3 Å². The highest BCUT2D eigenvalue weighted by atomic mass is 127. The van der Waals surface area contributed by atoms with E-state index in [9.17, 15) is 4.79 Å². The number of hydrazone groups is 1. The van der Waals surface area contributed by atoms with Crippen LogP contribution in [0, 0.1) is 3.57 Å². The Morgan fingerprint density at radius 2 is 2.08 bits per heavy atom. The third-order valence-electron chi connectivity index (χ3n) is 1.26. The minimum atomic E-state index is -0.665. The molecule has 13 heavy (non-hydrogen) atoms. The van der Waals surface area contributed by atoms with Crippen molar-refractivity contribution in [2.24, 2.45) is 10.8 Å². The zero-order valence-electron chi connectivity index (χ0n) is 6.70. The van der Waals surface area contributed by atoms with Crippen LogP contribution in [0.2, 0.25) is 0 Å². The molecule has 0 aliphatic rings. The molecule has 0 atom stereocenters. The Balaban J connectivity index is 2.59. The zero-order chi connectivity index (χ0) is 9.68. The van der Waals surface area contributed by atoms with E-state index in [4.69, 9.17) is 5.73 Å². The zero-order valence-corrected chi connectivity index (χ0v) is 8.86. The molecule has 1 aromatic rings. The number of amides is 2. The molecule has 0 aliphatic heterocycles. The third kappa shape index (κ3) is 3.88. The molecule has 0 saturated heterocycles. The molecule has 4 nitrogen and oxygen atoms in total. The lowest BCUT2D eigenvalue weighted by atomic mass is 10.2. The molecule has 0 aliphatic carbocycles. The lowest BCUT2D eigenvalue weighted by molar-refractivity contribution is 0.249. The summed E-state index contributed by atoms with van der Waals surface area (Å²) < 4.78 is 1.15. The minimum absolute atomic E-state index is 0.665. The Hall–Kier alpha value is -1.11. The molecule has 0 radical (unpaired) electrons. The van der Waals surface area contributed by atoms with Gasteiger partial charge in [0.2, 0.25) is 0 Å². The molecule has 0 aromatic heterocycles. The van der Waals surface area contributed by atoms with Gasteiger partial charge in [0.15, 0.2) is 0 Å². The number of benzene rings is 1. The quantitative estimate of drug-likeness (QED) is 0.481. The van der Waals surface area contributed by atoms with Gasteiger partial charge in [-0.3, -0.25) is 0 Å². The Kier molecular flexibility index (Phi) is 3.69. The number of rotatable bonds is 2. The van der Waals surface area contributed by atoms with Crippen molar-refractivity contribution in [2.45, 2.75) is 0 Å². The van der Waals surface area contributed by atoms with Crippen molar-refractivity contribution in [3.05, 3.63) is 33.4 Å². The smallest absolute Gasteiger partial charge is 0.332 e. The number of hydrogen-bond donors (Lipinski definition) is 2. The normalized spacial score (nSPS) is 10.2. The maximum absolute atomic E-state index is 10.2. The third-order valence-corrected chi connectivity index (χ3v) is 1.98. The molecule has 3 N–H and O–H groups in total. The molecule has 0 saturated carbocycles. The van der Waals surface area contributed by atoms with E-state index in [2.05, 4.69) is 33.1 Å². The summed E-state index contributed by atoms with van der Waals surface area (Å²) in [5, 5.41) is 3.62. The van der Waals surface area contributed by atoms with Crippen LogP contribution < -0.4 is 11.2 Å². The van der Waals surface area contributed by atoms with Crippen molar-refractivity contribution in [3.8, 4) is 0 Å². The largest absolute Gasteiger partial charge is 0.350 e. The summed E-state index contributed by atoms with van der Waals surface area (Å²) in [6, 6.07) is 7.03. The van der Waals surface area contributed by atoms with Crippen molar-refractivity contribution in [3.63, 3.8) is 0 Å². The first-order valence-electron chi connectivity index (χ1n) is 3.52. The highest BCUT2D eigenvalue weighted by Gasteiger charge is 1.88. The van der Waals surface area contributed by atoms with Crippen LogP contribution in [0.1, 0.15) is 5.56 Å². The Bertz CT molecular complexity index is 321. The molecule has 0 spiro atoms. The molecule has 0 fully saturated rings. The van der Waals surface area contributed by atoms with E-state index in [1.54, 1.807) is 0 Å². The standard InChI is InChI=1S/C8H8IN3O/c9-7-3-1-6(2-4-7)5-11-12-8(10)13/h1-5H,(H3,10,12,13). The predicted octanol–water partition coefficient (Wildman–Crippen LogP) is 1.29. The van der Waals surface area contributed by atoms with Crippen LogP contribution in [0.3, 0.4) is 0 Å². The highest BCUT2D eigenvalue weighted by Crippen LogP contribution is 2.04. The van der Waals surface area contributed by atoms with Crippen LogP contribution >= 0.6 is 22.6 Å². The average Bonchev–Trinajstić information content (AvgIpc) is 2.08. The van der Waals surface area contributed by atoms with Gasteiger partial charge in [-0.1, -0.05) is 12.1 Å². The van der Waals surface area contributed by atoms with Crippen molar-refractivity contribution in [1.29, 1.82) is 0 Å². The van der Waals surface area contributed by atoms with Gasteiger partial charge in [0.25, 0.3) is 0 Å². The van der Waals surface area contributed by atoms with Gasteiger partial charge in [0.05, 0.1) is 6.21 Å². The number of hydrogen-bond acceptors (Lipinski definition) is 2. The Morgan fingerprint density at radius 3 is 2.62 bits per heavy atom. The van der Waals surface area contributed by atoms with Crippen LogP contribution in [0.15, 0.2) is 29.4 Å². The van der Waals surface area contributed by atoms with Crippen LogP contribution in [0.4, 0.5) is 4.79 Å². The van der Waals surface area contributed by atoms with Crippen LogP contribution in [-0.4, -0.2) is 12.2 Å². The summed E-state index contributed by atoms with van der Waals surface area (Å²) in [6.07, 6.45) is 1.53. The van der Waals surface area contributed by atoms with E-state index < -0.39 is 6.03 Å². The highest BCUT2D eigenvalue weighted by molar-refractivity contribution is 14.1. The van der Waals surface area contributed by atoms with E-state index in [1.807, 2.05) is 24.3 Å². The molecular formula is C8H8IN3O. The molecule has 1 rings (SSSR count). The number of urea groups is 1. The number of primary amides is 1. The lowest BCUT2D eigenvalue weighted by Gasteiger charge is -1.93. The number of carbonyl (C=O) groups excluding carboxylic acids is 1. The second kappa shape index (κ2) is 4.80. The molecule has 0 heterocycles. The van der Waals surface area contributed by atoms with Gasteiger partial charge in [-0.2, -0.15) is 5.10 Å². The first kappa shape index (κ1) is 9.97. The number of nitrogens with two attached hydrogens (primary N) is 1. The summed E-state index contributed by atoms with van der Waals surface area (Å²) in [7, 11) is 0. The topological polar surface area (TPSA) is 67.5 Å². The summed E-state index contributed by atoms with van der Waals surface area (Å²) in [4.78, 5) is 10.2. The van der Waals surface area contributed by atoms with E-state index in [0.29, 0.717) is 0 Å². The SMILES string of the molecule is NC(=O)NN=Cc1ccc(I)cc1. The monoisotopic (exact) mass is 289 g/mol. The fourth-order valence-corrected chi connectivity index (χ4v) is 1.08. The summed E-state index contributed by atoms with van der Waals surface area (Å²) in [6.45, 7) is 0. The fraction of sp³-hybridized carbons (Fsp3) is 0. The van der Waals surface area contributed by atoms with Crippen LogP contribution in [0.5, 0.6) is 0 Å². The van der Waals surface area contributed by atoms with E-state index in [0.717, 1.165) is 9.13 Å². The number of nitrogens with zero attached hydrogens (tertiary/aromatic N) is 1. The van der Waals surface area contributed by atoms with Gasteiger partial charge in [0, 0.05) is 3.57 Å². The molecule has 1 aromatic carbocycles. The van der Waals surface area contributed by atoms with Crippen molar-refractivity contribution >= 4 is 34.8 Å². The molecular weight excluding hydrogens is 281 g/mol. The van der Waals surface area contributed by atoms with Crippen molar-refractivity contribution in [2.75, 3.05) is 0 Å². The molecule has 5 heteroatoms. The minimum Gasteiger partial charge on any atom is -0.350 e. The van der Waals surface area contributed by atoms with Gasteiger partial charge < -0.3 is 5.73 Å². The van der Waals surface area contributed by atoms with E-state index in [-0.39, 0.29) is 0 Å². The first-order valence-corrected chi connectivity index (χ1v) is 4.60. The summed E-state index contributed by atoms with van der Waals surface area (Å²) in [5.74, 6) is 0. The van der Waals surface area contributed by atoms with Crippen LogP contribution in [-0.2, 0) is 0 Å². The van der Waals surface area contributed by atoms with Gasteiger partial charge >= 0.3 is 6.03 Å².